The summed E-state index contributed by atoms with van der Waals surface area (Å²) in [5.74, 6) is 0.190. The number of hydrogen-bond acceptors (Lipinski definition) is 3. The molecule has 0 fully saturated rings. The van der Waals surface area contributed by atoms with Crippen LogP contribution in [0.4, 0.5) is 0 Å². The van der Waals surface area contributed by atoms with Gasteiger partial charge in [0.15, 0.2) is 0 Å². The van der Waals surface area contributed by atoms with Crippen LogP contribution in [0, 0.1) is 6.92 Å². The quantitative estimate of drug-likeness (QED) is 0.568. The van der Waals surface area contributed by atoms with E-state index in [4.69, 9.17) is 4.74 Å². The molecular formula is C13H11NO2. The Morgan fingerprint density at radius 3 is 2.62 bits per heavy atom. The normalized spacial score (nSPS) is 9.81. The van der Waals surface area contributed by atoms with Crippen molar-refractivity contribution in [3.63, 3.8) is 0 Å². The monoisotopic (exact) mass is 213 g/mol. The van der Waals surface area contributed by atoms with Gasteiger partial charge in [0, 0.05) is 12.4 Å². The van der Waals surface area contributed by atoms with E-state index in [1.54, 1.807) is 30.6 Å². The van der Waals surface area contributed by atoms with Gasteiger partial charge in [-0.25, -0.2) is 4.79 Å². The summed E-state index contributed by atoms with van der Waals surface area (Å²) in [6, 6.07) is 10.6. The summed E-state index contributed by atoms with van der Waals surface area (Å²) in [7, 11) is 0. The Morgan fingerprint density at radius 2 is 1.94 bits per heavy atom. The lowest BCUT2D eigenvalue weighted by atomic mass is 10.2. The van der Waals surface area contributed by atoms with Gasteiger partial charge in [-0.2, -0.15) is 0 Å². The summed E-state index contributed by atoms with van der Waals surface area (Å²) in [4.78, 5) is 15.5. The highest BCUT2D eigenvalue weighted by molar-refractivity contribution is 5.90. The van der Waals surface area contributed by atoms with E-state index in [9.17, 15) is 4.79 Å². The average molecular weight is 213 g/mol. The molecule has 0 saturated heterocycles. The summed E-state index contributed by atoms with van der Waals surface area (Å²) < 4.78 is 5.21. The second kappa shape index (κ2) is 4.57. The molecule has 80 valence electrons. The van der Waals surface area contributed by atoms with Crippen LogP contribution in [-0.4, -0.2) is 11.0 Å². The summed E-state index contributed by atoms with van der Waals surface area (Å²) in [5, 5.41) is 0. The van der Waals surface area contributed by atoms with Crippen molar-refractivity contribution in [2.24, 2.45) is 0 Å². The van der Waals surface area contributed by atoms with Gasteiger partial charge in [0.05, 0.1) is 5.56 Å². The fourth-order valence-corrected chi connectivity index (χ4v) is 1.33. The van der Waals surface area contributed by atoms with Gasteiger partial charge in [0.2, 0.25) is 0 Å². The van der Waals surface area contributed by atoms with Crippen LogP contribution < -0.4 is 4.74 Å². The number of carbonyl (C=O) groups excluding carboxylic acids is 1. The van der Waals surface area contributed by atoms with Crippen molar-refractivity contribution in [1.29, 1.82) is 0 Å². The Morgan fingerprint density at radius 1 is 1.19 bits per heavy atom. The molecule has 3 nitrogen and oxygen atoms in total. The number of nitrogens with zero attached hydrogens (tertiary/aromatic N) is 1. The minimum atomic E-state index is -0.368. The second-order valence-corrected chi connectivity index (χ2v) is 3.44. The smallest absolute Gasteiger partial charge is 0.343 e. The lowest BCUT2D eigenvalue weighted by molar-refractivity contribution is 0.0734. The highest BCUT2D eigenvalue weighted by Crippen LogP contribution is 2.14. The van der Waals surface area contributed by atoms with Crippen LogP contribution in [0.25, 0.3) is 0 Å². The van der Waals surface area contributed by atoms with Crippen molar-refractivity contribution in [3.8, 4) is 5.75 Å². The van der Waals surface area contributed by atoms with Crippen LogP contribution in [0.3, 0.4) is 0 Å². The first-order valence-corrected chi connectivity index (χ1v) is 4.94. The number of benzene rings is 1. The summed E-state index contributed by atoms with van der Waals surface area (Å²) >= 11 is 0. The van der Waals surface area contributed by atoms with Crippen LogP contribution in [0.5, 0.6) is 5.75 Å². The third kappa shape index (κ3) is 2.45. The molecule has 0 amide bonds. The zero-order valence-electron chi connectivity index (χ0n) is 8.88. The van der Waals surface area contributed by atoms with E-state index in [2.05, 4.69) is 4.98 Å². The minimum Gasteiger partial charge on any atom is -0.423 e. The SMILES string of the molecule is Cc1cccc(OC(=O)c2ccncc2)c1. The Bertz CT molecular complexity index is 494. The average Bonchev–Trinajstić information content (AvgIpc) is 2.30. The van der Waals surface area contributed by atoms with Crippen LogP contribution in [-0.2, 0) is 0 Å². The van der Waals surface area contributed by atoms with Gasteiger partial charge in [-0.05, 0) is 36.8 Å². The summed E-state index contributed by atoms with van der Waals surface area (Å²) in [6.07, 6.45) is 3.12. The van der Waals surface area contributed by atoms with Crippen molar-refractivity contribution in [1.82, 2.24) is 4.98 Å². The van der Waals surface area contributed by atoms with Gasteiger partial charge in [-0.3, -0.25) is 4.98 Å². The highest BCUT2D eigenvalue weighted by Gasteiger charge is 2.07. The number of hydrogen-bond donors (Lipinski definition) is 0. The maximum Gasteiger partial charge on any atom is 0.343 e. The molecule has 1 aromatic carbocycles. The van der Waals surface area contributed by atoms with E-state index in [1.165, 1.54) is 0 Å². The van der Waals surface area contributed by atoms with Crippen molar-refractivity contribution in [2.45, 2.75) is 6.92 Å². The van der Waals surface area contributed by atoms with E-state index in [0.29, 0.717) is 11.3 Å². The van der Waals surface area contributed by atoms with Crippen LogP contribution >= 0.6 is 0 Å². The third-order valence-corrected chi connectivity index (χ3v) is 2.12. The molecule has 0 spiro atoms. The van der Waals surface area contributed by atoms with E-state index in [-0.39, 0.29) is 5.97 Å². The lowest BCUT2D eigenvalue weighted by Crippen LogP contribution is -2.08. The number of rotatable bonds is 2. The van der Waals surface area contributed by atoms with E-state index < -0.39 is 0 Å². The molecule has 0 atom stereocenters. The van der Waals surface area contributed by atoms with E-state index >= 15 is 0 Å². The first-order valence-electron chi connectivity index (χ1n) is 4.94. The summed E-state index contributed by atoms with van der Waals surface area (Å²) in [5.41, 5.74) is 1.55. The molecule has 0 unspecified atom stereocenters. The maximum atomic E-state index is 11.7. The Balaban J connectivity index is 2.14. The number of aryl methyl sites for hydroxylation is 1. The molecule has 0 N–H and O–H groups in total. The van der Waals surface area contributed by atoms with Crippen molar-refractivity contribution < 1.29 is 9.53 Å². The van der Waals surface area contributed by atoms with Gasteiger partial charge in [-0.15, -0.1) is 0 Å². The Kier molecular flexibility index (Phi) is 2.96. The topological polar surface area (TPSA) is 39.2 Å². The number of ether oxygens (including phenoxy) is 1. The highest BCUT2D eigenvalue weighted by atomic mass is 16.5. The largest absolute Gasteiger partial charge is 0.423 e. The van der Waals surface area contributed by atoms with Crippen LogP contribution in [0.2, 0.25) is 0 Å². The maximum absolute atomic E-state index is 11.7. The number of aromatic nitrogens is 1. The number of carbonyl (C=O) groups is 1. The zero-order chi connectivity index (χ0) is 11.4. The van der Waals surface area contributed by atoms with Crippen LogP contribution in [0.15, 0.2) is 48.8 Å². The zero-order valence-corrected chi connectivity index (χ0v) is 8.88. The summed E-state index contributed by atoms with van der Waals surface area (Å²) in [6.45, 7) is 1.95. The van der Waals surface area contributed by atoms with Gasteiger partial charge < -0.3 is 4.74 Å². The molecule has 1 heterocycles. The molecule has 0 saturated carbocycles. The minimum absolute atomic E-state index is 0.368. The van der Waals surface area contributed by atoms with Gasteiger partial charge >= 0.3 is 5.97 Å². The molecular weight excluding hydrogens is 202 g/mol. The van der Waals surface area contributed by atoms with Crippen molar-refractivity contribution in [2.75, 3.05) is 0 Å². The first-order chi connectivity index (χ1) is 7.75. The van der Waals surface area contributed by atoms with Crippen molar-refractivity contribution >= 4 is 5.97 Å². The predicted molar refractivity (Wildman–Crippen MR) is 60.4 cm³/mol. The first kappa shape index (κ1) is 10.4. The Hall–Kier alpha value is -2.16. The van der Waals surface area contributed by atoms with Gasteiger partial charge in [0.25, 0.3) is 0 Å². The van der Waals surface area contributed by atoms with Crippen LogP contribution in [0.1, 0.15) is 15.9 Å². The molecule has 2 aromatic rings. The third-order valence-electron chi connectivity index (χ3n) is 2.12. The van der Waals surface area contributed by atoms with Gasteiger partial charge in [-0.1, -0.05) is 12.1 Å². The fraction of sp³-hybridized carbons (Fsp3) is 0.0769. The molecule has 1 aromatic heterocycles. The number of pyridine rings is 1. The molecule has 2 rings (SSSR count). The van der Waals surface area contributed by atoms with E-state index in [0.717, 1.165) is 5.56 Å². The molecule has 0 radical (unpaired) electrons. The predicted octanol–water partition coefficient (Wildman–Crippen LogP) is 2.61. The molecule has 3 heteroatoms. The molecule has 0 bridgehead atoms. The molecule has 16 heavy (non-hydrogen) atoms. The lowest BCUT2D eigenvalue weighted by Gasteiger charge is -2.04. The molecule has 0 aliphatic heterocycles. The second-order valence-electron chi connectivity index (χ2n) is 3.44. The standard InChI is InChI=1S/C13H11NO2/c1-10-3-2-4-12(9-10)16-13(15)11-5-7-14-8-6-11/h2-9H,1H3. The van der Waals surface area contributed by atoms with Gasteiger partial charge in [0.1, 0.15) is 5.75 Å². The van der Waals surface area contributed by atoms with Crippen molar-refractivity contribution in [3.05, 3.63) is 59.9 Å². The van der Waals surface area contributed by atoms with E-state index in [1.807, 2.05) is 25.1 Å². The number of esters is 1. The fourth-order valence-electron chi connectivity index (χ4n) is 1.33. The molecule has 0 aliphatic carbocycles. The molecule has 0 aliphatic rings. The Labute approximate surface area is 93.7 Å².